The third-order valence-electron chi connectivity index (χ3n) is 2.75. The van der Waals surface area contributed by atoms with Crippen LogP contribution in [-0.4, -0.2) is 19.8 Å². The van der Waals surface area contributed by atoms with Crippen LogP contribution in [0.4, 0.5) is 0 Å². The summed E-state index contributed by atoms with van der Waals surface area (Å²) < 4.78 is 27.2. The fourth-order valence-corrected chi connectivity index (χ4v) is 4.91. The highest BCUT2D eigenvalue weighted by Gasteiger charge is 2.24. The number of halogens is 2. The molecule has 0 fully saturated rings. The first-order valence-electron chi connectivity index (χ1n) is 5.73. The van der Waals surface area contributed by atoms with E-state index in [0.29, 0.717) is 0 Å². The molecule has 0 spiro atoms. The Bertz CT molecular complexity index is 812. The minimum Gasteiger partial charge on any atom is -0.207 e. The third-order valence-corrected chi connectivity index (χ3v) is 6.72. The van der Waals surface area contributed by atoms with E-state index in [1.807, 2.05) is 17.5 Å². The predicted octanol–water partition coefficient (Wildman–Crippen LogP) is 3.86. The van der Waals surface area contributed by atoms with Gasteiger partial charge >= 0.3 is 0 Å². The van der Waals surface area contributed by atoms with Crippen molar-refractivity contribution in [2.75, 3.05) is 7.05 Å². The molecule has 1 aromatic carbocycles. The molecule has 0 aliphatic carbocycles. The van der Waals surface area contributed by atoms with Crippen LogP contribution < -0.4 is 0 Å². The lowest BCUT2D eigenvalue weighted by molar-refractivity contribution is 0.469. The summed E-state index contributed by atoms with van der Waals surface area (Å²) in [5.74, 6) is 0. The van der Waals surface area contributed by atoms with Crippen LogP contribution in [0.15, 0.2) is 39.0 Å². The SMILES string of the molecule is CN(Cc1cc(Br)cs1)S(=O)(=O)c1cc(C#N)ccc1Cl. The molecule has 0 atom stereocenters. The third kappa shape index (κ3) is 3.65. The highest BCUT2D eigenvalue weighted by molar-refractivity contribution is 9.10. The molecule has 110 valence electrons. The first-order valence-corrected chi connectivity index (χ1v) is 9.22. The van der Waals surface area contributed by atoms with Crippen molar-refractivity contribution in [1.29, 1.82) is 5.26 Å². The van der Waals surface area contributed by atoms with E-state index < -0.39 is 10.0 Å². The lowest BCUT2D eigenvalue weighted by Crippen LogP contribution is -2.26. The number of rotatable bonds is 4. The van der Waals surface area contributed by atoms with Gasteiger partial charge in [0.05, 0.1) is 16.7 Å². The van der Waals surface area contributed by atoms with E-state index in [0.717, 1.165) is 9.35 Å². The number of nitriles is 1. The van der Waals surface area contributed by atoms with E-state index in [1.54, 1.807) is 0 Å². The Balaban J connectivity index is 2.35. The zero-order valence-corrected chi connectivity index (χ0v) is 14.9. The van der Waals surface area contributed by atoms with Crippen molar-refractivity contribution in [2.24, 2.45) is 0 Å². The molecular formula is C13H10BrClN2O2S2. The lowest BCUT2D eigenvalue weighted by atomic mass is 10.2. The number of thiophene rings is 1. The van der Waals surface area contributed by atoms with Crippen molar-refractivity contribution in [2.45, 2.75) is 11.4 Å². The highest BCUT2D eigenvalue weighted by atomic mass is 79.9. The molecule has 0 bridgehead atoms. The van der Waals surface area contributed by atoms with Gasteiger partial charge in [-0.15, -0.1) is 11.3 Å². The van der Waals surface area contributed by atoms with Crippen molar-refractivity contribution in [3.63, 3.8) is 0 Å². The Morgan fingerprint density at radius 1 is 1.43 bits per heavy atom. The zero-order valence-electron chi connectivity index (χ0n) is 10.9. The highest BCUT2D eigenvalue weighted by Crippen LogP contribution is 2.27. The van der Waals surface area contributed by atoms with Crippen molar-refractivity contribution in [3.05, 3.63) is 49.6 Å². The molecule has 0 N–H and O–H groups in total. The van der Waals surface area contributed by atoms with E-state index >= 15 is 0 Å². The maximum absolute atomic E-state index is 12.6. The Hall–Kier alpha value is -0.910. The van der Waals surface area contributed by atoms with E-state index in [1.165, 1.54) is 40.9 Å². The quantitative estimate of drug-likeness (QED) is 0.776. The summed E-state index contributed by atoms with van der Waals surface area (Å²) in [6.07, 6.45) is 0. The second-order valence-electron chi connectivity index (χ2n) is 4.25. The average molecular weight is 406 g/mol. The molecule has 2 rings (SSSR count). The topological polar surface area (TPSA) is 61.2 Å². The van der Waals surface area contributed by atoms with E-state index in [9.17, 15) is 8.42 Å². The van der Waals surface area contributed by atoms with Crippen LogP contribution in [0.5, 0.6) is 0 Å². The van der Waals surface area contributed by atoms with Gasteiger partial charge in [0, 0.05) is 28.3 Å². The van der Waals surface area contributed by atoms with Gasteiger partial charge in [-0.2, -0.15) is 9.57 Å². The monoisotopic (exact) mass is 404 g/mol. The molecule has 2 aromatic rings. The van der Waals surface area contributed by atoms with Crippen molar-refractivity contribution >= 4 is 48.9 Å². The Labute approximate surface area is 140 Å². The minimum absolute atomic E-state index is 0.0543. The van der Waals surface area contributed by atoms with Gasteiger partial charge in [0.2, 0.25) is 10.0 Å². The normalized spacial score (nSPS) is 11.6. The van der Waals surface area contributed by atoms with Crippen molar-refractivity contribution < 1.29 is 8.42 Å². The summed E-state index contributed by atoms with van der Waals surface area (Å²) in [6.45, 7) is 0.242. The molecule has 0 radical (unpaired) electrons. The first kappa shape index (κ1) is 16.5. The molecular weight excluding hydrogens is 396 g/mol. The van der Waals surface area contributed by atoms with Gasteiger partial charge in [-0.05, 0) is 40.2 Å². The van der Waals surface area contributed by atoms with Crippen LogP contribution in [0.2, 0.25) is 5.02 Å². The van der Waals surface area contributed by atoms with E-state index in [-0.39, 0.29) is 22.0 Å². The number of sulfonamides is 1. The van der Waals surface area contributed by atoms with E-state index in [2.05, 4.69) is 15.9 Å². The largest absolute Gasteiger partial charge is 0.244 e. The standard InChI is InChI=1S/C13H10BrClN2O2S2/c1-17(7-11-5-10(14)8-20-11)21(18,19)13-4-9(6-16)2-3-12(13)15/h2-5,8H,7H2,1H3. The Kier molecular flexibility index (Phi) is 5.07. The number of nitrogens with zero attached hydrogens (tertiary/aromatic N) is 2. The van der Waals surface area contributed by atoms with Crippen LogP contribution in [0, 0.1) is 11.3 Å². The molecule has 4 nitrogen and oxygen atoms in total. The van der Waals surface area contributed by atoms with Gasteiger partial charge in [-0.1, -0.05) is 11.6 Å². The molecule has 0 saturated heterocycles. The molecule has 1 aromatic heterocycles. The predicted molar refractivity (Wildman–Crippen MR) is 86.8 cm³/mol. The molecule has 1 heterocycles. The zero-order chi connectivity index (χ0) is 15.6. The summed E-state index contributed by atoms with van der Waals surface area (Å²) in [5, 5.41) is 10.9. The first-order chi connectivity index (χ1) is 9.84. The fourth-order valence-electron chi connectivity index (χ4n) is 1.68. The average Bonchev–Trinajstić information content (AvgIpc) is 2.84. The van der Waals surface area contributed by atoms with Crippen molar-refractivity contribution in [3.8, 4) is 6.07 Å². The molecule has 0 amide bonds. The smallest absolute Gasteiger partial charge is 0.207 e. The van der Waals surface area contributed by atoms with Gasteiger partial charge < -0.3 is 0 Å². The molecule has 8 heteroatoms. The maximum Gasteiger partial charge on any atom is 0.244 e. The van der Waals surface area contributed by atoms with Gasteiger partial charge in [0.25, 0.3) is 0 Å². The molecule has 0 unspecified atom stereocenters. The Morgan fingerprint density at radius 2 is 2.14 bits per heavy atom. The molecule has 0 saturated carbocycles. The summed E-state index contributed by atoms with van der Waals surface area (Å²) in [5.41, 5.74) is 0.255. The minimum atomic E-state index is -3.75. The van der Waals surface area contributed by atoms with Gasteiger partial charge in [0.1, 0.15) is 4.90 Å². The van der Waals surface area contributed by atoms with E-state index in [4.69, 9.17) is 16.9 Å². The molecule has 0 aliphatic rings. The second-order valence-corrected chi connectivity index (χ2v) is 8.58. The molecule has 21 heavy (non-hydrogen) atoms. The molecule has 0 aliphatic heterocycles. The number of benzene rings is 1. The van der Waals surface area contributed by atoms with Crippen LogP contribution in [0.25, 0.3) is 0 Å². The maximum atomic E-state index is 12.6. The number of hydrogen-bond acceptors (Lipinski definition) is 4. The van der Waals surface area contributed by atoms with Crippen LogP contribution in [0.3, 0.4) is 0 Å². The van der Waals surface area contributed by atoms with Crippen LogP contribution in [-0.2, 0) is 16.6 Å². The Morgan fingerprint density at radius 3 is 2.71 bits per heavy atom. The van der Waals surface area contributed by atoms with Crippen LogP contribution in [0.1, 0.15) is 10.4 Å². The summed E-state index contributed by atoms with van der Waals surface area (Å²) in [4.78, 5) is 0.849. The second kappa shape index (κ2) is 6.46. The summed E-state index contributed by atoms with van der Waals surface area (Å²) in [6, 6.07) is 7.97. The van der Waals surface area contributed by atoms with Gasteiger partial charge in [-0.25, -0.2) is 8.42 Å². The summed E-state index contributed by atoms with van der Waals surface area (Å²) >= 11 is 10.8. The lowest BCUT2D eigenvalue weighted by Gasteiger charge is -2.17. The fraction of sp³-hybridized carbons (Fsp3) is 0.154. The van der Waals surface area contributed by atoms with Crippen LogP contribution >= 0.6 is 38.9 Å². The number of hydrogen-bond donors (Lipinski definition) is 0. The van der Waals surface area contributed by atoms with Gasteiger partial charge in [-0.3, -0.25) is 0 Å². The van der Waals surface area contributed by atoms with Crippen molar-refractivity contribution in [1.82, 2.24) is 4.31 Å². The van der Waals surface area contributed by atoms with Gasteiger partial charge in [0.15, 0.2) is 0 Å². The summed E-state index contributed by atoms with van der Waals surface area (Å²) in [7, 11) is -2.27.